The van der Waals surface area contributed by atoms with Gasteiger partial charge in [0.05, 0.1) is 0 Å². The zero-order chi connectivity index (χ0) is 14.2. The van der Waals surface area contributed by atoms with Crippen LogP contribution in [0.5, 0.6) is 0 Å². The van der Waals surface area contributed by atoms with Gasteiger partial charge in [-0.1, -0.05) is 0 Å². The first-order valence-electron chi connectivity index (χ1n) is 5.35. The van der Waals surface area contributed by atoms with Crippen LogP contribution in [0.15, 0.2) is 30.3 Å². The Morgan fingerprint density at radius 2 is 1.42 bits per heavy atom. The standard InChI is InChI=1S/C14H8F4O/c1-7-4-8(2-3-10(7)15)14(19)9-5-11(16)13(18)12(17)6-9/h2-6H,1H3. The number of benzene rings is 2. The molecule has 0 radical (unpaired) electrons. The summed E-state index contributed by atoms with van der Waals surface area (Å²) in [6.07, 6.45) is 0. The zero-order valence-corrected chi connectivity index (χ0v) is 9.81. The summed E-state index contributed by atoms with van der Waals surface area (Å²) in [5, 5.41) is 0. The van der Waals surface area contributed by atoms with Crippen molar-refractivity contribution >= 4 is 5.78 Å². The van der Waals surface area contributed by atoms with E-state index < -0.39 is 29.1 Å². The molecule has 5 heteroatoms. The lowest BCUT2D eigenvalue weighted by atomic mass is 10.0. The number of aryl methyl sites for hydroxylation is 1. The highest BCUT2D eigenvalue weighted by atomic mass is 19.2. The third kappa shape index (κ3) is 2.50. The summed E-state index contributed by atoms with van der Waals surface area (Å²) in [7, 11) is 0. The number of halogens is 4. The van der Waals surface area contributed by atoms with E-state index in [-0.39, 0.29) is 16.7 Å². The third-order valence-electron chi connectivity index (χ3n) is 2.67. The number of hydrogen-bond donors (Lipinski definition) is 0. The molecule has 0 unspecified atom stereocenters. The molecule has 0 aliphatic heterocycles. The van der Waals surface area contributed by atoms with Crippen molar-refractivity contribution in [1.82, 2.24) is 0 Å². The van der Waals surface area contributed by atoms with Crippen LogP contribution in [0.3, 0.4) is 0 Å². The normalized spacial score (nSPS) is 10.6. The van der Waals surface area contributed by atoms with Crippen LogP contribution in [0.1, 0.15) is 21.5 Å². The molecule has 0 amide bonds. The van der Waals surface area contributed by atoms with Gasteiger partial charge in [-0.2, -0.15) is 0 Å². The molecule has 2 rings (SSSR count). The quantitative estimate of drug-likeness (QED) is 0.460. The van der Waals surface area contributed by atoms with Crippen molar-refractivity contribution in [2.75, 3.05) is 0 Å². The van der Waals surface area contributed by atoms with Gasteiger partial charge >= 0.3 is 0 Å². The first-order chi connectivity index (χ1) is 8.90. The molecule has 1 nitrogen and oxygen atoms in total. The van der Waals surface area contributed by atoms with E-state index in [1.807, 2.05) is 0 Å². The predicted octanol–water partition coefficient (Wildman–Crippen LogP) is 3.78. The van der Waals surface area contributed by atoms with E-state index in [1.165, 1.54) is 19.1 Å². The molecule has 98 valence electrons. The zero-order valence-electron chi connectivity index (χ0n) is 9.81. The number of ketones is 1. The Morgan fingerprint density at radius 3 is 1.95 bits per heavy atom. The minimum atomic E-state index is -1.63. The van der Waals surface area contributed by atoms with E-state index in [1.54, 1.807) is 0 Å². The van der Waals surface area contributed by atoms with Gasteiger partial charge < -0.3 is 0 Å². The largest absolute Gasteiger partial charge is 0.289 e. The Bertz CT molecular complexity index is 641. The lowest BCUT2D eigenvalue weighted by Crippen LogP contribution is -2.05. The van der Waals surface area contributed by atoms with Crippen molar-refractivity contribution in [2.24, 2.45) is 0 Å². The molecule has 0 aliphatic carbocycles. The molecule has 0 spiro atoms. The highest BCUT2D eigenvalue weighted by Crippen LogP contribution is 2.18. The molecule has 0 aromatic heterocycles. The fourth-order valence-electron chi connectivity index (χ4n) is 1.64. The second-order valence-corrected chi connectivity index (χ2v) is 4.05. The first-order valence-corrected chi connectivity index (χ1v) is 5.35. The van der Waals surface area contributed by atoms with Gasteiger partial charge in [0.1, 0.15) is 5.82 Å². The Hall–Kier alpha value is -2.17. The van der Waals surface area contributed by atoms with Gasteiger partial charge in [-0.3, -0.25) is 4.79 Å². The molecule has 0 saturated heterocycles. The van der Waals surface area contributed by atoms with Crippen molar-refractivity contribution in [3.63, 3.8) is 0 Å². The molecule has 0 saturated carbocycles. The van der Waals surface area contributed by atoms with Crippen LogP contribution in [0, 0.1) is 30.2 Å². The molecule has 0 atom stereocenters. The van der Waals surface area contributed by atoms with Crippen molar-refractivity contribution in [3.8, 4) is 0 Å². The molecule has 0 heterocycles. The average Bonchev–Trinajstić information content (AvgIpc) is 2.37. The fraction of sp³-hybridized carbons (Fsp3) is 0.0714. The third-order valence-corrected chi connectivity index (χ3v) is 2.67. The van der Waals surface area contributed by atoms with Crippen LogP contribution in [-0.2, 0) is 0 Å². The van der Waals surface area contributed by atoms with Crippen molar-refractivity contribution in [2.45, 2.75) is 6.92 Å². The number of hydrogen-bond acceptors (Lipinski definition) is 1. The summed E-state index contributed by atoms with van der Waals surface area (Å²) in [6, 6.07) is 4.76. The molecule has 2 aromatic rings. The Balaban J connectivity index is 2.47. The summed E-state index contributed by atoms with van der Waals surface area (Å²) in [6.45, 7) is 1.46. The van der Waals surface area contributed by atoms with Gasteiger partial charge in [-0.15, -0.1) is 0 Å². The van der Waals surface area contributed by atoms with Crippen LogP contribution >= 0.6 is 0 Å². The maximum atomic E-state index is 13.1. The summed E-state index contributed by atoms with van der Waals surface area (Å²) in [5.74, 6) is -5.72. The fourth-order valence-corrected chi connectivity index (χ4v) is 1.64. The minimum Gasteiger partial charge on any atom is -0.289 e. The van der Waals surface area contributed by atoms with Crippen LogP contribution in [0.4, 0.5) is 17.6 Å². The van der Waals surface area contributed by atoms with Gasteiger partial charge in [0.2, 0.25) is 0 Å². The number of carbonyl (C=O) groups is 1. The highest BCUT2D eigenvalue weighted by molar-refractivity contribution is 6.09. The Labute approximate surface area is 106 Å². The maximum absolute atomic E-state index is 13.1. The molecule has 19 heavy (non-hydrogen) atoms. The van der Waals surface area contributed by atoms with E-state index in [9.17, 15) is 22.4 Å². The lowest BCUT2D eigenvalue weighted by molar-refractivity contribution is 0.103. The van der Waals surface area contributed by atoms with E-state index in [0.717, 1.165) is 6.07 Å². The minimum absolute atomic E-state index is 0.0734. The average molecular weight is 268 g/mol. The topological polar surface area (TPSA) is 17.1 Å². The van der Waals surface area contributed by atoms with Crippen molar-refractivity contribution in [1.29, 1.82) is 0 Å². The number of carbonyl (C=O) groups excluding carboxylic acids is 1. The van der Waals surface area contributed by atoms with E-state index in [2.05, 4.69) is 0 Å². The van der Waals surface area contributed by atoms with Crippen molar-refractivity contribution < 1.29 is 22.4 Å². The van der Waals surface area contributed by atoms with Crippen LogP contribution in [-0.4, -0.2) is 5.78 Å². The van der Waals surface area contributed by atoms with Crippen LogP contribution in [0.2, 0.25) is 0 Å². The molecule has 0 aliphatic rings. The molecule has 0 N–H and O–H groups in total. The molecule has 2 aromatic carbocycles. The predicted molar refractivity (Wildman–Crippen MR) is 60.9 cm³/mol. The monoisotopic (exact) mass is 268 g/mol. The summed E-state index contributed by atoms with van der Waals surface area (Å²) >= 11 is 0. The van der Waals surface area contributed by atoms with E-state index in [4.69, 9.17) is 0 Å². The van der Waals surface area contributed by atoms with Gasteiger partial charge in [-0.05, 0) is 42.8 Å². The molecular weight excluding hydrogens is 260 g/mol. The van der Waals surface area contributed by atoms with Gasteiger partial charge in [0.25, 0.3) is 0 Å². The lowest BCUT2D eigenvalue weighted by Gasteiger charge is -2.04. The second-order valence-electron chi connectivity index (χ2n) is 4.05. The summed E-state index contributed by atoms with van der Waals surface area (Å²) in [4.78, 5) is 11.9. The molecular formula is C14H8F4O. The second kappa shape index (κ2) is 4.84. The maximum Gasteiger partial charge on any atom is 0.194 e. The molecule has 0 fully saturated rings. The van der Waals surface area contributed by atoms with E-state index >= 15 is 0 Å². The summed E-state index contributed by atoms with van der Waals surface area (Å²) in [5.41, 5.74) is -0.0272. The Morgan fingerprint density at radius 1 is 0.842 bits per heavy atom. The smallest absolute Gasteiger partial charge is 0.194 e. The van der Waals surface area contributed by atoms with Gasteiger partial charge in [-0.25, -0.2) is 17.6 Å². The van der Waals surface area contributed by atoms with Crippen LogP contribution < -0.4 is 0 Å². The van der Waals surface area contributed by atoms with Gasteiger partial charge in [0.15, 0.2) is 23.2 Å². The number of rotatable bonds is 2. The van der Waals surface area contributed by atoms with Gasteiger partial charge in [0, 0.05) is 11.1 Å². The molecule has 0 bridgehead atoms. The van der Waals surface area contributed by atoms with Crippen LogP contribution in [0.25, 0.3) is 0 Å². The van der Waals surface area contributed by atoms with Crippen molar-refractivity contribution in [3.05, 3.63) is 70.3 Å². The van der Waals surface area contributed by atoms with E-state index in [0.29, 0.717) is 12.1 Å². The SMILES string of the molecule is Cc1cc(C(=O)c2cc(F)c(F)c(F)c2)ccc1F. The Kier molecular flexibility index (Phi) is 3.38. The highest BCUT2D eigenvalue weighted by Gasteiger charge is 2.16. The summed E-state index contributed by atoms with van der Waals surface area (Å²) < 4.78 is 51.9. The first kappa shape index (κ1) is 13.3.